The summed E-state index contributed by atoms with van der Waals surface area (Å²) in [5.74, 6) is -1.67. The molecule has 1 aromatic carbocycles. The average Bonchev–Trinajstić information content (AvgIpc) is 2.78. The smallest absolute Gasteiger partial charge is 0.383 e. The maximum absolute atomic E-state index is 14.3. The molecular weight excluding hydrogens is 464 g/mol. The monoisotopic (exact) mass is 490 g/mol. The van der Waals surface area contributed by atoms with Crippen molar-refractivity contribution >= 4 is 29.0 Å². The third-order valence-corrected chi connectivity index (χ3v) is 6.12. The van der Waals surface area contributed by atoms with Crippen molar-refractivity contribution in [3.05, 3.63) is 40.4 Å². The van der Waals surface area contributed by atoms with Gasteiger partial charge in [0.05, 0.1) is 5.56 Å². The van der Waals surface area contributed by atoms with Crippen LogP contribution in [0.1, 0.15) is 31.2 Å². The number of halogens is 5. The Morgan fingerprint density at radius 3 is 2.58 bits per heavy atom. The quantitative estimate of drug-likeness (QED) is 0.288. The van der Waals surface area contributed by atoms with Crippen molar-refractivity contribution < 1.29 is 22.4 Å². The van der Waals surface area contributed by atoms with E-state index in [0.29, 0.717) is 38.8 Å². The van der Waals surface area contributed by atoms with Gasteiger partial charge in [-0.1, -0.05) is 11.6 Å². The number of nitrogens with zero attached hydrogens (tertiary/aromatic N) is 2. The van der Waals surface area contributed by atoms with Crippen LogP contribution in [0.25, 0.3) is 0 Å². The van der Waals surface area contributed by atoms with Crippen LogP contribution < -0.4 is 16.4 Å². The third kappa shape index (κ3) is 5.82. The van der Waals surface area contributed by atoms with Crippen LogP contribution in [0.15, 0.2) is 29.8 Å². The topological polar surface area (TPSA) is 97.5 Å². The normalized spacial score (nSPS) is 22.7. The summed E-state index contributed by atoms with van der Waals surface area (Å²) in [5, 5.41) is 13.4. The molecule has 0 saturated carbocycles. The fraction of sp³-hybridized carbons (Fsp3) is 0.524. The first-order valence-corrected chi connectivity index (χ1v) is 11.0. The highest BCUT2D eigenvalue weighted by atomic mass is 35.5. The van der Waals surface area contributed by atoms with E-state index in [1.807, 2.05) is 0 Å². The van der Waals surface area contributed by atoms with Crippen molar-refractivity contribution in [2.75, 3.05) is 32.0 Å². The van der Waals surface area contributed by atoms with Crippen molar-refractivity contribution in [3.8, 4) is 0 Å². The zero-order valence-corrected chi connectivity index (χ0v) is 18.9. The summed E-state index contributed by atoms with van der Waals surface area (Å²) in [6.45, 7) is 1.23. The van der Waals surface area contributed by atoms with E-state index in [0.717, 1.165) is 12.1 Å². The molecule has 1 aromatic rings. The zero-order valence-electron chi connectivity index (χ0n) is 18.1. The van der Waals surface area contributed by atoms with Gasteiger partial charge in [-0.15, -0.1) is 0 Å². The number of carbonyl (C=O) groups is 1. The summed E-state index contributed by atoms with van der Waals surface area (Å²) in [6.07, 6.45) is -2.09. The number of nitrogens with two attached hydrogens (primary N) is 1. The number of amidine groups is 1. The number of anilines is 1. The van der Waals surface area contributed by atoms with Gasteiger partial charge in [-0.05, 0) is 43.9 Å². The molecule has 33 heavy (non-hydrogen) atoms. The van der Waals surface area contributed by atoms with Crippen molar-refractivity contribution in [1.29, 1.82) is 5.41 Å². The van der Waals surface area contributed by atoms with Crippen LogP contribution in [0.5, 0.6) is 0 Å². The van der Waals surface area contributed by atoms with Gasteiger partial charge in [-0.2, -0.15) is 17.6 Å². The molecule has 182 valence electrons. The number of hydrogen-bond acceptors (Lipinski definition) is 5. The fourth-order valence-electron chi connectivity index (χ4n) is 4.22. The minimum absolute atomic E-state index is 0.0789. The molecule has 1 unspecified atom stereocenters. The first-order valence-electron chi connectivity index (χ1n) is 10.6. The molecule has 1 amide bonds. The lowest BCUT2D eigenvalue weighted by molar-refractivity contribution is -0.138. The molecule has 12 heteroatoms. The lowest BCUT2D eigenvalue weighted by Crippen LogP contribution is -2.57. The summed E-state index contributed by atoms with van der Waals surface area (Å²) >= 11 is 5.86. The second-order valence-electron chi connectivity index (χ2n) is 8.17. The van der Waals surface area contributed by atoms with Crippen LogP contribution in [0.2, 0.25) is 5.02 Å². The molecule has 0 radical (unpaired) electrons. The molecule has 0 aliphatic carbocycles. The van der Waals surface area contributed by atoms with E-state index < -0.39 is 23.6 Å². The maximum Gasteiger partial charge on any atom is 0.416 e. The molecule has 0 aromatic heterocycles. The van der Waals surface area contributed by atoms with Gasteiger partial charge in [0.1, 0.15) is 11.9 Å². The van der Waals surface area contributed by atoms with E-state index in [1.54, 1.807) is 9.80 Å². The average molecular weight is 491 g/mol. The van der Waals surface area contributed by atoms with Gasteiger partial charge in [0.2, 0.25) is 11.7 Å². The molecule has 0 spiro atoms. The lowest BCUT2D eigenvalue weighted by atomic mass is 9.97. The summed E-state index contributed by atoms with van der Waals surface area (Å²) in [7, 11) is 1.46. The molecule has 2 saturated heterocycles. The van der Waals surface area contributed by atoms with Gasteiger partial charge < -0.3 is 26.2 Å². The Bertz CT molecular complexity index is 938. The summed E-state index contributed by atoms with van der Waals surface area (Å²) in [4.78, 5) is 16.4. The molecule has 2 atom stereocenters. The van der Waals surface area contributed by atoms with Crippen molar-refractivity contribution in [2.45, 2.75) is 43.9 Å². The first kappa shape index (κ1) is 24.9. The SMILES string of the molecule is CN/C(N)=C(/F)C(=N)N1CCC[C@@H](N2CCCC(Nc3cc(Cl)cc(C(F)(F)F)c3)C2=O)C1. The second-order valence-corrected chi connectivity index (χ2v) is 8.60. The Labute approximate surface area is 194 Å². The molecule has 0 bridgehead atoms. The highest BCUT2D eigenvalue weighted by Gasteiger charge is 2.37. The van der Waals surface area contributed by atoms with E-state index in [-0.39, 0.29) is 40.9 Å². The Kier molecular flexibility index (Phi) is 7.61. The minimum Gasteiger partial charge on any atom is -0.383 e. The molecule has 5 N–H and O–H groups in total. The van der Waals surface area contributed by atoms with Crippen molar-refractivity contribution in [2.24, 2.45) is 5.73 Å². The van der Waals surface area contributed by atoms with E-state index in [1.165, 1.54) is 13.1 Å². The second kappa shape index (κ2) is 10.1. The van der Waals surface area contributed by atoms with E-state index in [2.05, 4.69) is 10.6 Å². The third-order valence-electron chi connectivity index (χ3n) is 5.91. The Balaban J connectivity index is 1.72. The predicted octanol–water partition coefficient (Wildman–Crippen LogP) is 3.52. The van der Waals surface area contributed by atoms with Crippen LogP contribution in [-0.2, 0) is 11.0 Å². The Morgan fingerprint density at radius 1 is 1.21 bits per heavy atom. The Hall–Kier alpha value is -2.69. The zero-order chi connectivity index (χ0) is 24.3. The van der Waals surface area contributed by atoms with Gasteiger partial charge >= 0.3 is 6.18 Å². The van der Waals surface area contributed by atoms with E-state index in [9.17, 15) is 22.4 Å². The van der Waals surface area contributed by atoms with E-state index in [4.69, 9.17) is 22.7 Å². The summed E-state index contributed by atoms with van der Waals surface area (Å²) in [6, 6.07) is 2.17. The highest BCUT2D eigenvalue weighted by molar-refractivity contribution is 6.31. The molecule has 7 nitrogen and oxygen atoms in total. The number of likely N-dealkylation sites (tertiary alicyclic amines) is 2. The first-order chi connectivity index (χ1) is 15.5. The molecule has 2 heterocycles. The minimum atomic E-state index is -4.56. The number of piperidine rings is 2. The van der Waals surface area contributed by atoms with Crippen LogP contribution in [-0.4, -0.2) is 60.3 Å². The lowest BCUT2D eigenvalue weighted by Gasteiger charge is -2.43. The standard InChI is InChI=1S/C21H27ClF4N6O/c1-29-18(27)17(23)19(28)31-6-2-4-15(11-31)32-7-3-5-16(20(32)33)30-14-9-12(21(24,25)26)8-13(22)10-14/h8-10,15-16,28-30H,2-7,11,27H2,1H3/b18-17+,28-19?/t15-,16?/m1/s1. The van der Waals surface area contributed by atoms with Crippen molar-refractivity contribution in [3.63, 3.8) is 0 Å². The van der Waals surface area contributed by atoms with Crippen LogP contribution >= 0.6 is 11.6 Å². The predicted molar refractivity (Wildman–Crippen MR) is 119 cm³/mol. The summed E-state index contributed by atoms with van der Waals surface area (Å²) in [5.41, 5.74) is 4.77. The van der Waals surface area contributed by atoms with Crippen LogP contribution in [0, 0.1) is 5.41 Å². The van der Waals surface area contributed by atoms with E-state index >= 15 is 0 Å². The summed E-state index contributed by atoms with van der Waals surface area (Å²) < 4.78 is 53.7. The largest absolute Gasteiger partial charge is 0.416 e. The Morgan fingerprint density at radius 2 is 1.91 bits per heavy atom. The van der Waals surface area contributed by atoms with Gasteiger partial charge in [0.15, 0.2) is 5.84 Å². The van der Waals surface area contributed by atoms with Gasteiger partial charge in [-0.25, -0.2) is 0 Å². The van der Waals surface area contributed by atoms with Crippen LogP contribution in [0.3, 0.4) is 0 Å². The number of amides is 1. The number of hydrogen-bond donors (Lipinski definition) is 4. The molecule has 2 aliphatic rings. The van der Waals surface area contributed by atoms with Gasteiger partial charge in [0.25, 0.3) is 0 Å². The number of carbonyl (C=O) groups excluding carboxylic acids is 1. The van der Waals surface area contributed by atoms with Crippen LogP contribution in [0.4, 0.5) is 23.2 Å². The fourth-order valence-corrected chi connectivity index (χ4v) is 4.46. The van der Waals surface area contributed by atoms with Gasteiger partial charge in [-0.3, -0.25) is 10.2 Å². The van der Waals surface area contributed by atoms with Crippen molar-refractivity contribution in [1.82, 2.24) is 15.1 Å². The maximum atomic E-state index is 14.3. The number of alkyl halides is 3. The molecule has 2 fully saturated rings. The molecular formula is C21H27ClF4N6O. The highest BCUT2D eigenvalue weighted by Crippen LogP contribution is 2.34. The molecule has 2 aliphatic heterocycles. The van der Waals surface area contributed by atoms with Gasteiger partial charge in [0, 0.05) is 43.4 Å². The number of benzene rings is 1. The number of nitrogens with one attached hydrogen (secondary N) is 3. The molecule has 3 rings (SSSR count). The number of rotatable bonds is 5.